The maximum absolute atomic E-state index is 13.0. The molecule has 6 atom stereocenters. The molecule has 0 spiro atoms. The van der Waals surface area contributed by atoms with Gasteiger partial charge < -0.3 is 33.8 Å². The Labute approximate surface area is 561 Å². The Kier molecular flexibility index (Phi) is 61.6. The normalized spacial score (nSPS) is 14.6. The summed E-state index contributed by atoms with van der Waals surface area (Å²) in [6.45, 7) is 11.7. The van der Waals surface area contributed by atoms with Crippen molar-refractivity contribution >= 4 is 39.5 Å². The second-order valence-corrected chi connectivity index (χ2v) is 29.7. The molecule has 3 unspecified atom stereocenters. The fourth-order valence-electron chi connectivity index (χ4n) is 10.5. The van der Waals surface area contributed by atoms with E-state index in [9.17, 15) is 43.2 Å². The molecule has 0 aromatic carbocycles. The van der Waals surface area contributed by atoms with Gasteiger partial charge in [0, 0.05) is 25.7 Å². The first-order valence-corrected chi connectivity index (χ1v) is 40.2. The lowest BCUT2D eigenvalue weighted by Gasteiger charge is -2.21. The molecule has 92 heavy (non-hydrogen) atoms. The molecule has 0 fully saturated rings. The average molecular weight is 1350 g/mol. The number of unbranched alkanes of at least 4 members (excludes halogenated alkanes) is 33. The van der Waals surface area contributed by atoms with Crippen molar-refractivity contribution in [3.8, 4) is 0 Å². The van der Waals surface area contributed by atoms with Crippen LogP contribution in [0.2, 0.25) is 0 Å². The third-order valence-electron chi connectivity index (χ3n) is 16.6. The van der Waals surface area contributed by atoms with Crippen LogP contribution in [-0.4, -0.2) is 96.7 Å². The van der Waals surface area contributed by atoms with Gasteiger partial charge in [-0.25, -0.2) is 9.13 Å². The van der Waals surface area contributed by atoms with Crippen LogP contribution in [0.25, 0.3) is 0 Å². The largest absolute Gasteiger partial charge is 0.472 e. The van der Waals surface area contributed by atoms with Crippen molar-refractivity contribution in [2.24, 2.45) is 17.8 Å². The first-order chi connectivity index (χ1) is 44.3. The Hall–Kier alpha value is -2.46. The summed E-state index contributed by atoms with van der Waals surface area (Å²) in [4.78, 5) is 72.6. The van der Waals surface area contributed by atoms with Crippen molar-refractivity contribution in [3.05, 3.63) is 24.3 Å². The van der Waals surface area contributed by atoms with E-state index < -0.39 is 97.5 Å². The van der Waals surface area contributed by atoms with Gasteiger partial charge in [0.2, 0.25) is 0 Å². The van der Waals surface area contributed by atoms with Gasteiger partial charge in [-0.2, -0.15) is 0 Å². The van der Waals surface area contributed by atoms with Crippen LogP contribution in [0.5, 0.6) is 0 Å². The maximum atomic E-state index is 13.0. The van der Waals surface area contributed by atoms with Crippen LogP contribution in [0.1, 0.15) is 344 Å². The van der Waals surface area contributed by atoms with Gasteiger partial charge in [-0.05, 0) is 69.1 Å². The minimum atomic E-state index is -4.96. The SMILES string of the molecule is CCCCCC/C=C\C=C/CCCCCCCC(=O)O[C@H](COC(=O)CCCCCCCCCCC(C)C)COP(=O)(O)OC[C@@H](O)COP(=O)(O)OC[C@@H](COC(=O)CCCCCCCCC(C)CC)OC(=O)CCCCCCCCCCCCCCCC(C)C. The third kappa shape index (κ3) is 64.9. The fraction of sp³-hybridized carbons (Fsp3) is 0.890. The highest BCUT2D eigenvalue weighted by atomic mass is 31.2. The predicted molar refractivity (Wildman–Crippen MR) is 372 cm³/mol. The number of ether oxygens (including phenoxy) is 4. The molecule has 3 N–H and O–H groups in total. The molecular formula is C73H138O17P2. The van der Waals surface area contributed by atoms with E-state index in [1.807, 2.05) is 0 Å². The third-order valence-corrected chi connectivity index (χ3v) is 18.5. The molecule has 0 bridgehead atoms. The van der Waals surface area contributed by atoms with E-state index in [1.54, 1.807) is 0 Å². The number of aliphatic hydroxyl groups excluding tert-OH is 1. The summed E-state index contributed by atoms with van der Waals surface area (Å²) in [5.41, 5.74) is 0. The molecule has 19 heteroatoms. The Bertz CT molecular complexity index is 1900. The van der Waals surface area contributed by atoms with E-state index in [2.05, 4.69) is 72.8 Å². The monoisotopic (exact) mass is 1350 g/mol. The average Bonchev–Trinajstić information content (AvgIpc) is 2.99. The molecule has 17 nitrogen and oxygen atoms in total. The summed E-state index contributed by atoms with van der Waals surface area (Å²) >= 11 is 0. The number of aliphatic hydroxyl groups is 1. The van der Waals surface area contributed by atoms with Gasteiger partial charge in [0.05, 0.1) is 26.4 Å². The Balaban J connectivity index is 5.28. The molecule has 0 rings (SSSR count). The van der Waals surface area contributed by atoms with Crippen LogP contribution in [0, 0.1) is 17.8 Å². The molecule has 0 heterocycles. The van der Waals surface area contributed by atoms with Gasteiger partial charge in [0.1, 0.15) is 19.3 Å². The smallest absolute Gasteiger partial charge is 0.462 e. The van der Waals surface area contributed by atoms with Crippen molar-refractivity contribution in [2.75, 3.05) is 39.6 Å². The second kappa shape index (κ2) is 63.3. The number of carbonyl (C=O) groups is 4. The van der Waals surface area contributed by atoms with Crippen LogP contribution in [0.3, 0.4) is 0 Å². The molecule has 542 valence electrons. The molecule has 0 aliphatic heterocycles. The summed E-state index contributed by atoms with van der Waals surface area (Å²) < 4.78 is 68.3. The summed E-state index contributed by atoms with van der Waals surface area (Å²) in [7, 11) is -9.92. The topological polar surface area (TPSA) is 237 Å². The lowest BCUT2D eigenvalue weighted by molar-refractivity contribution is -0.161. The highest BCUT2D eigenvalue weighted by Gasteiger charge is 2.30. The van der Waals surface area contributed by atoms with Gasteiger partial charge >= 0.3 is 39.5 Å². The van der Waals surface area contributed by atoms with Gasteiger partial charge in [-0.15, -0.1) is 0 Å². The molecule has 0 aliphatic rings. The zero-order chi connectivity index (χ0) is 68.0. The van der Waals surface area contributed by atoms with E-state index in [0.29, 0.717) is 25.7 Å². The van der Waals surface area contributed by atoms with Crippen LogP contribution in [0.4, 0.5) is 0 Å². The number of allylic oxidation sites excluding steroid dienone is 4. The highest BCUT2D eigenvalue weighted by molar-refractivity contribution is 7.47. The van der Waals surface area contributed by atoms with E-state index in [0.717, 1.165) is 133 Å². The number of phosphoric ester groups is 2. The number of phosphoric acid groups is 2. The molecule has 0 amide bonds. The number of hydrogen-bond donors (Lipinski definition) is 3. The minimum Gasteiger partial charge on any atom is -0.462 e. The Morgan fingerprint density at radius 3 is 0.967 bits per heavy atom. The van der Waals surface area contributed by atoms with E-state index >= 15 is 0 Å². The molecule has 0 aliphatic carbocycles. The van der Waals surface area contributed by atoms with Crippen LogP contribution < -0.4 is 0 Å². The molecule has 0 saturated heterocycles. The van der Waals surface area contributed by atoms with Crippen molar-refractivity contribution in [2.45, 2.75) is 362 Å². The lowest BCUT2D eigenvalue weighted by Crippen LogP contribution is -2.30. The van der Waals surface area contributed by atoms with Crippen molar-refractivity contribution in [1.29, 1.82) is 0 Å². The lowest BCUT2D eigenvalue weighted by atomic mass is 10.00. The van der Waals surface area contributed by atoms with Gasteiger partial charge in [-0.1, -0.05) is 291 Å². The second-order valence-electron chi connectivity index (χ2n) is 26.8. The van der Waals surface area contributed by atoms with E-state index in [4.69, 9.17) is 37.0 Å². The van der Waals surface area contributed by atoms with Crippen LogP contribution in [0.15, 0.2) is 24.3 Å². The van der Waals surface area contributed by atoms with Gasteiger partial charge in [0.25, 0.3) is 0 Å². The Morgan fingerprint density at radius 2 is 0.641 bits per heavy atom. The summed E-state index contributed by atoms with van der Waals surface area (Å²) in [6.07, 6.45) is 50.8. The van der Waals surface area contributed by atoms with Gasteiger partial charge in [0.15, 0.2) is 12.2 Å². The van der Waals surface area contributed by atoms with Gasteiger partial charge in [-0.3, -0.25) is 37.3 Å². The summed E-state index contributed by atoms with van der Waals surface area (Å²) in [6, 6.07) is 0. The molecular weight excluding hydrogens is 1210 g/mol. The van der Waals surface area contributed by atoms with Crippen LogP contribution in [-0.2, 0) is 65.4 Å². The first kappa shape index (κ1) is 89.5. The zero-order valence-electron chi connectivity index (χ0n) is 59.5. The van der Waals surface area contributed by atoms with Crippen molar-refractivity contribution in [3.63, 3.8) is 0 Å². The molecule has 0 aromatic heterocycles. The quantitative estimate of drug-likeness (QED) is 0.0169. The van der Waals surface area contributed by atoms with Crippen molar-refractivity contribution < 1.29 is 80.2 Å². The number of hydrogen-bond acceptors (Lipinski definition) is 15. The van der Waals surface area contributed by atoms with E-state index in [-0.39, 0.29) is 25.7 Å². The molecule has 0 saturated carbocycles. The number of esters is 4. The number of carbonyl (C=O) groups excluding carboxylic acids is 4. The first-order valence-electron chi connectivity index (χ1n) is 37.2. The zero-order valence-corrected chi connectivity index (χ0v) is 61.3. The number of rotatable bonds is 69. The predicted octanol–water partition coefficient (Wildman–Crippen LogP) is 20.6. The highest BCUT2D eigenvalue weighted by Crippen LogP contribution is 2.45. The Morgan fingerprint density at radius 1 is 0.359 bits per heavy atom. The van der Waals surface area contributed by atoms with Crippen LogP contribution >= 0.6 is 15.6 Å². The summed E-state index contributed by atoms with van der Waals surface area (Å²) in [5, 5.41) is 10.6. The maximum Gasteiger partial charge on any atom is 0.472 e. The fourth-order valence-corrected chi connectivity index (χ4v) is 12.1. The van der Waals surface area contributed by atoms with Crippen molar-refractivity contribution in [1.82, 2.24) is 0 Å². The molecule has 0 radical (unpaired) electrons. The summed E-state index contributed by atoms with van der Waals surface area (Å²) in [5.74, 6) is 0.0829. The minimum absolute atomic E-state index is 0.0840. The molecule has 0 aromatic rings. The standard InChI is InChI=1S/C73H138O17P2/c1-8-10-11-12-13-14-15-16-17-20-23-26-33-42-49-56-72(77)89-68(60-83-70(75)54-47-40-32-29-28-31-38-45-52-65(5)6)62-87-91(79,80)85-58-67(74)59-86-92(81,82)88-63-69(61-84-71(76)55-48-41-36-35-39-46-53-66(7)9-2)90-73(78)57-50-43-34-27-24-21-18-19-22-25-30-37-44-51-64(3)4/h14-17,64-69,74H,8-13,18-63H2,1-7H3,(H,79,80)(H,81,82)/b15-14-,17-16-/t66?,67-,68-,69-/m1/s1. The van der Waals surface area contributed by atoms with E-state index in [1.165, 1.54) is 128 Å².